The van der Waals surface area contributed by atoms with E-state index in [4.69, 9.17) is 0 Å². The topological polar surface area (TPSA) is 34.1 Å². The number of carbonyl (C=O) groups is 2. The van der Waals surface area contributed by atoms with Gasteiger partial charge in [0.15, 0.2) is 0 Å². The summed E-state index contributed by atoms with van der Waals surface area (Å²) in [5, 5.41) is 0. The summed E-state index contributed by atoms with van der Waals surface area (Å²) in [6.07, 6.45) is 6.05. The molecule has 0 aliphatic heterocycles. The summed E-state index contributed by atoms with van der Waals surface area (Å²) in [4.78, 5) is 25.0. The molecule has 1 aromatic rings. The van der Waals surface area contributed by atoms with Gasteiger partial charge in [-0.25, -0.2) is 0 Å². The van der Waals surface area contributed by atoms with E-state index in [1.54, 1.807) is 0 Å². The Balaban J connectivity index is 1.79. The number of hydrogen-bond acceptors (Lipinski definition) is 2. The summed E-state index contributed by atoms with van der Waals surface area (Å²) in [6.45, 7) is 0. The molecular formula is C17H20O2. The highest BCUT2D eigenvalue weighted by atomic mass is 16.2. The molecule has 0 heterocycles. The Labute approximate surface area is 114 Å². The van der Waals surface area contributed by atoms with E-state index in [1.165, 1.54) is 12.0 Å². The first kappa shape index (κ1) is 12.6. The fourth-order valence-electron chi connectivity index (χ4n) is 3.78. The molecule has 3 rings (SSSR count). The average molecular weight is 256 g/mol. The van der Waals surface area contributed by atoms with Crippen molar-refractivity contribution in [1.82, 2.24) is 0 Å². The van der Waals surface area contributed by atoms with Gasteiger partial charge in [-0.15, -0.1) is 0 Å². The normalized spacial score (nSPS) is 26.0. The molecule has 0 saturated heterocycles. The lowest BCUT2D eigenvalue weighted by Crippen LogP contribution is -2.36. The molecule has 0 bridgehead atoms. The van der Waals surface area contributed by atoms with Crippen molar-refractivity contribution >= 4 is 11.6 Å². The molecule has 1 aromatic carbocycles. The van der Waals surface area contributed by atoms with Crippen LogP contribution in [0.15, 0.2) is 30.3 Å². The van der Waals surface area contributed by atoms with Crippen LogP contribution in [0.25, 0.3) is 0 Å². The SMILES string of the molecule is O=C1CC(Cc2ccccc2)C(=O)C12CCCCC2. The summed E-state index contributed by atoms with van der Waals surface area (Å²) >= 11 is 0. The van der Waals surface area contributed by atoms with Gasteiger partial charge < -0.3 is 0 Å². The maximum atomic E-state index is 12.7. The zero-order chi connectivity index (χ0) is 13.3. The van der Waals surface area contributed by atoms with Gasteiger partial charge in [0.1, 0.15) is 11.6 Å². The van der Waals surface area contributed by atoms with Gasteiger partial charge in [0.2, 0.25) is 0 Å². The van der Waals surface area contributed by atoms with E-state index in [-0.39, 0.29) is 17.5 Å². The van der Waals surface area contributed by atoms with Gasteiger partial charge in [-0.05, 0) is 24.8 Å². The standard InChI is InChI=1S/C17H20O2/c18-15-12-14(11-13-7-3-1-4-8-13)16(19)17(15)9-5-2-6-10-17/h1,3-4,7-8,14H,2,5-6,9-12H2. The predicted molar refractivity (Wildman–Crippen MR) is 73.8 cm³/mol. The minimum atomic E-state index is -0.586. The third kappa shape index (κ3) is 2.13. The highest BCUT2D eigenvalue weighted by molar-refractivity contribution is 6.14. The van der Waals surface area contributed by atoms with Crippen LogP contribution in [-0.4, -0.2) is 11.6 Å². The van der Waals surface area contributed by atoms with Crippen molar-refractivity contribution in [3.05, 3.63) is 35.9 Å². The van der Waals surface area contributed by atoms with E-state index < -0.39 is 5.41 Å². The number of hydrogen-bond donors (Lipinski definition) is 0. The van der Waals surface area contributed by atoms with Crippen molar-refractivity contribution in [3.63, 3.8) is 0 Å². The van der Waals surface area contributed by atoms with Gasteiger partial charge in [0.25, 0.3) is 0 Å². The number of ketones is 2. The quantitative estimate of drug-likeness (QED) is 0.760. The molecule has 1 spiro atoms. The van der Waals surface area contributed by atoms with Crippen LogP contribution >= 0.6 is 0 Å². The average Bonchev–Trinajstić information content (AvgIpc) is 2.67. The Bertz CT molecular complexity index is 483. The molecule has 0 aromatic heterocycles. The molecule has 2 aliphatic carbocycles. The van der Waals surface area contributed by atoms with Crippen molar-refractivity contribution < 1.29 is 9.59 Å². The molecule has 0 radical (unpaired) electrons. The Hall–Kier alpha value is -1.44. The molecule has 2 aliphatic rings. The summed E-state index contributed by atoms with van der Waals surface area (Å²) in [5.74, 6) is 0.382. The molecule has 2 saturated carbocycles. The van der Waals surface area contributed by atoms with Gasteiger partial charge in [-0.3, -0.25) is 9.59 Å². The largest absolute Gasteiger partial charge is 0.299 e. The van der Waals surface area contributed by atoms with Crippen LogP contribution in [0.4, 0.5) is 0 Å². The van der Waals surface area contributed by atoms with Crippen molar-refractivity contribution in [3.8, 4) is 0 Å². The molecule has 2 fully saturated rings. The van der Waals surface area contributed by atoms with E-state index in [0.29, 0.717) is 6.42 Å². The third-order valence-corrected chi connectivity index (χ3v) is 4.84. The monoisotopic (exact) mass is 256 g/mol. The van der Waals surface area contributed by atoms with E-state index in [0.717, 1.165) is 32.1 Å². The lowest BCUT2D eigenvalue weighted by molar-refractivity contribution is -0.137. The van der Waals surface area contributed by atoms with Crippen LogP contribution in [0.2, 0.25) is 0 Å². The first-order valence-corrected chi connectivity index (χ1v) is 7.34. The smallest absolute Gasteiger partial charge is 0.150 e. The van der Waals surface area contributed by atoms with Crippen LogP contribution in [-0.2, 0) is 16.0 Å². The van der Waals surface area contributed by atoms with Crippen LogP contribution in [0.1, 0.15) is 44.1 Å². The van der Waals surface area contributed by atoms with Gasteiger partial charge in [-0.1, -0.05) is 49.6 Å². The minimum Gasteiger partial charge on any atom is -0.299 e. The number of benzene rings is 1. The van der Waals surface area contributed by atoms with Crippen molar-refractivity contribution in [2.24, 2.45) is 11.3 Å². The van der Waals surface area contributed by atoms with E-state index >= 15 is 0 Å². The van der Waals surface area contributed by atoms with Crippen molar-refractivity contribution in [2.45, 2.75) is 44.9 Å². The zero-order valence-electron chi connectivity index (χ0n) is 11.2. The first-order chi connectivity index (χ1) is 9.22. The molecule has 19 heavy (non-hydrogen) atoms. The molecule has 0 amide bonds. The fraction of sp³-hybridized carbons (Fsp3) is 0.529. The number of rotatable bonds is 2. The fourth-order valence-corrected chi connectivity index (χ4v) is 3.78. The lowest BCUT2D eigenvalue weighted by Gasteiger charge is -2.30. The summed E-state index contributed by atoms with van der Waals surface area (Å²) in [5.41, 5.74) is 0.582. The van der Waals surface area contributed by atoms with Crippen molar-refractivity contribution in [1.29, 1.82) is 0 Å². The second kappa shape index (κ2) is 4.92. The molecule has 0 N–H and O–H groups in total. The Kier molecular flexibility index (Phi) is 3.26. The maximum Gasteiger partial charge on any atom is 0.150 e. The second-order valence-electron chi connectivity index (χ2n) is 6.02. The highest BCUT2D eigenvalue weighted by Crippen LogP contribution is 2.46. The molecule has 2 nitrogen and oxygen atoms in total. The molecule has 1 atom stereocenters. The Morgan fingerprint density at radius 1 is 1.00 bits per heavy atom. The molecule has 1 unspecified atom stereocenters. The summed E-state index contributed by atoms with van der Waals surface area (Å²) in [7, 11) is 0. The van der Waals surface area contributed by atoms with E-state index in [9.17, 15) is 9.59 Å². The maximum absolute atomic E-state index is 12.7. The second-order valence-corrected chi connectivity index (χ2v) is 6.02. The van der Waals surface area contributed by atoms with Crippen molar-refractivity contribution in [2.75, 3.05) is 0 Å². The first-order valence-electron chi connectivity index (χ1n) is 7.34. The number of carbonyl (C=O) groups excluding carboxylic acids is 2. The van der Waals surface area contributed by atoms with Crippen LogP contribution in [0.5, 0.6) is 0 Å². The highest BCUT2D eigenvalue weighted by Gasteiger charge is 2.53. The predicted octanol–water partition coefficient (Wildman–Crippen LogP) is 3.34. The Morgan fingerprint density at radius 2 is 1.68 bits per heavy atom. The van der Waals surface area contributed by atoms with Gasteiger partial charge in [0, 0.05) is 12.3 Å². The van der Waals surface area contributed by atoms with Gasteiger partial charge in [-0.2, -0.15) is 0 Å². The summed E-state index contributed by atoms with van der Waals surface area (Å²) < 4.78 is 0. The number of Topliss-reactive ketones (excluding diaryl/α,β-unsaturated/α-hetero) is 2. The van der Waals surface area contributed by atoms with E-state index in [1.807, 2.05) is 30.3 Å². The van der Waals surface area contributed by atoms with Gasteiger partial charge in [0.05, 0.1) is 5.41 Å². The third-order valence-electron chi connectivity index (χ3n) is 4.84. The van der Waals surface area contributed by atoms with E-state index in [2.05, 4.69) is 0 Å². The molecular weight excluding hydrogens is 236 g/mol. The zero-order valence-corrected chi connectivity index (χ0v) is 11.2. The summed E-state index contributed by atoms with van der Waals surface area (Å²) in [6, 6.07) is 10.1. The van der Waals surface area contributed by atoms with Gasteiger partial charge >= 0.3 is 0 Å². The van der Waals surface area contributed by atoms with Crippen LogP contribution in [0.3, 0.4) is 0 Å². The molecule has 2 heteroatoms. The minimum absolute atomic E-state index is 0.0759. The van der Waals surface area contributed by atoms with Crippen LogP contribution in [0, 0.1) is 11.3 Å². The van der Waals surface area contributed by atoms with Crippen LogP contribution < -0.4 is 0 Å². The lowest BCUT2D eigenvalue weighted by atomic mass is 9.71. The Morgan fingerprint density at radius 3 is 2.37 bits per heavy atom. The molecule has 100 valence electrons.